The van der Waals surface area contributed by atoms with Crippen molar-refractivity contribution in [3.8, 4) is 0 Å². The van der Waals surface area contributed by atoms with Crippen LogP contribution < -0.4 is 0 Å². The van der Waals surface area contributed by atoms with E-state index in [9.17, 15) is 0 Å². The third kappa shape index (κ3) is 4.76. The first-order valence-electron chi connectivity index (χ1n) is 0.961. The van der Waals surface area contributed by atoms with E-state index in [0.717, 1.165) is 0 Å². The molecule has 0 heterocycles. The van der Waals surface area contributed by atoms with E-state index >= 15 is 0 Å². The highest BCUT2D eigenvalue weighted by molar-refractivity contribution is 6.44. The highest BCUT2D eigenvalue weighted by atomic mass is 35.5. The summed E-state index contributed by atoms with van der Waals surface area (Å²) in [6.45, 7) is 0. The molecule has 0 amide bonds. The molecule has 4 heteroatoms. The molecule has 0 unspecified atom stereocenters. The van der Waals surface area contributed by atoms with Gasteiger partial charge in [0.05, 0.1) is 0 Å². The monoisotopic (exact) mass is 129 g/mol. The molecule has 0 aliphatic heterocycles. The smallest absolute Gasteiger partial charge is 0.196 e. The van der Waals surface area contributed by atoms with Gasteiger partial charge in [-0.25, -0.2) is 0 Å². The molecular formula is CH3Cl2OSi. The van der Waals surface area contributed by atoms with E-state index in [4.69, 9.17) is 23.2 Å². The van der Waals surface area contributed by atoms with Gasteiger partial charge >= 0.3 is 0 Å². The lowest BCUT2D eigenvalue weighted by Gasteiger charge is -1.89. The number of halogens is 2. The zero-order valence-corrected chi connectivity index (χ0v) is 5.37. The Morgan fingerprint density at radius 2 is 1.80 bits per heavy atom. The Bertz CT molecular complexity index is 23.6. The number of hydrogen-bond donors (Lipinski definition) is 0. The third-order valence-electron chi connectivity index (χ3n) is 0.126. The topological polar surface area (TPSA) is 9.23 Å². The van der Waals surface area contributed by atoms with Crippen LogP contribution in [0, 0.1) is 0 Å². The maximum atomic E-state index is 5.01. The molecule has 0 saturated heterocycles. The van der Waals surface area contributed by atoms with Crippen LogP contribution in [0.3, 0.4) is 0 Å². The molecule has 0 rings (SSSR count). The predicted octanol–water partition coefficient (Wildman–Crippen LogP) is 0.312. The van der Waals surface area contributed by atoms with Crippen LogP contribution in [0.4, 0.5) is 0 Å². The second-order valence-corrected chi connectivity index (χ2v) is 1.78. The maximum Gasteiger partial charge on any atom is 0.196 e. The summed E-state index contributed by atoms with van der Waals surface area (Å²) in [4.78, 5) is 0. The lowest BCUT2D eigenvalue weighted by molar-refractivity contribution is 0.392. The Hall–Kier alpha value is 0.757. The molecule has 0 N–H and O–H groups in total. The minimum absolute atomic E-state index is 0.659. The van der Waals surface area contributed by atoms with Crippen LogP contribution in [0.25, 0.3) is 0 Å². The SMILES string of the molecule is [SiH2]OC(Cl)Cl. The molecule has 31 valence electrons. The normalized spacial score (nSPS) is 9.60. The number of rotatable bonds is 1. The van der Waals surface area contributed by atoms with Crippen molar-refractivity contribution in [3.05, 3.63) is 0 Å². The molecule has 0 saturated carbocycles. The summed E-state index contributed by atoms with van der Waals surface area (Å²) in [5.41, 5.74) is 0. The molecule has 0 spiro atoms. The molecule has 0 aromatic heterocycles. The van der Waals surface area contributed by atoms with Gasteiger partial charge < -0.3 is 4.43 Å². The van der Waals surface area contributed by atoms with Crippen molar-refractivity contribution >= 4 is 33.7 Å². The van der Waals surface area contributed by atoms with Crippen molar-refractivity contribution in [1.29, 1.82) is 0 Å². The predicted molar refractivity (Wildman–Crippen MR) is 25.1 cm³/mol. The Morgan fingerprint density at radius 3 is 1.80 bits per heavy atom. The molecule has 0 aliphatic carbocycles. The first-order chi connectivity index (χ1) is 2.27. The zero-order chi connectivity index (χ0) is 4.28. The van der Waals surface area contributed by atoms with Crippen molar-refractivity contribution in [3.63, 3.8) is 0 Å². The summed E-state index contributed by atoms with van der Waals surface area (Å²) < 4.78 is 4.31. The lowest BCUT2D eigenvalue weighted by Crippen LogP contribution is -1.87. The van der Waals surface area contributed by atoms with Gasteiger partial charge in [0.2, 0.25) is 0 Å². The average molecular weight is 130 g/mol. The van der Waals surface area contributed by atoms with Gasteiger partial charge in [0.25, 0.3) is 0 Å². The Kier molecular flexibility index (Phi) is 3.42. The highest BCUT2D eigenvalue weighted by Gasteiger charge is 1.85. The van der Waals surface area contributed by atoms with Gasteiger partial charge in [0.1, 0.15) is 0 Å². The van der Waals surface area contributed by atoms with Crippen LogP contribution in [-0.2, 0) is 4.43 Å². The van der Waals surface area contributed by atoms with Crippen LogP contribution in [-0.4, -0.2) is 15.5 Å². The van der Waals surface area contributed by atoms with Crippen LogP contribution in [0.2, 0.25) is 0 Å². The fourth-order valence-electron chi connectivity index (χ4n) is 0. The first-order valence-corrected chi connectivity index (χ1v) is 2.41. The molecule has 0 aromatic rings. The number of alkyl halides is 2. The van der Waals surface area contributed by atoms with Crippen molar-refractivity contribution in [2.45, 2.75) is 5.02 Å². The van der Waals surface area contributed by atoms with E-state index in [-0.39, 0.29) is 0 Å². The maximum absolute atomic E-state index is 5.01. The minimum Gasteiger partial charge on any atom is -0.398 e. The lowest BCUT2D eigenvalue weighted by atomic mass is 11.7. The fraction of sp³-hybridized carbons (Fsp3) is 1.00. The van der Waals surface area contributed by atoms with Crippen LogP contribution in [0.5, 0.6) is 0 Å². The summed E-state index contributed by atoms with van der Waals surface area (Å²) in [5, 5.41) is -0.659. The third-order valence-corrected chi connectivity index (χ3v) is 1.13. The summed E-state index contributed by atoms with van der Waals surface area (Å²) in [7, 11) is 1.27. The summed E-state index contributed by atoms with van der Waals surface area (Å²) in [5.74, 6) is 0. The van der Waals surface area contributed by atoms with E-state index in [2.05, 4.69) is 4.43 Å². The van der Waals surface area contributed by atoms with E-state index in [1.807, 2.05) is 0 Å². The Morgan fingerprint density at radius 1 is 1.60 bits per heavy atom. The van der Waals surface area contributed by atoms with Gasteiger partial charge in [0, 0.05) is 0 Å². The van der Waals surface area contributed by atoms with Gasteiger partial charge in [0.15, 0.2) is 15.5 Å². The van der Waals surface area contributed by atoms with E-state index in [1.54, 1.807) is 0 Å². The average Bonchev–Trinajstić information content (AvgIpc) is 1.38. The van der Waals surface area contributed by atoms with Gasteiger partial charge in [-0.1, -0.05) is 23.2 Å². The molecule has 0 bridgehead atoms. The Labute approximate surface area is 43.8 Å². The molecule has 1 radical (unpaired) electrons. The highest BCUT2D eigenvalue weighted by Crippen LogP contribution is 1.97. The standard InChI is InChI=1S/CH3Cl2OSi/c2-1(3)4-5/h1H,5H2. The van der Waals surface area contributed by atoms with Crippen molar-refractivity contribution < 1.29 is 4.43 Å². The quantitative estimate of drug-likeness (QED) is 0.366. The molecular weight excluding hydrogens is 127 g/mol. The van der Waals surface area contributed by atoms with E-state index < -0.39 is 5.02 Å². The first kappa shape index (κ1) is 5.76. The van der Waals surface area contributed by atoms with Gasteiger partial charge in [-0.15, -0.1) is 0 Å². The molecule has 0 atom stereocenters. The Balaban J connectivity index is 2.54. The summed E-state index contributed by atoms with van der Waals surface area (Å²) >= 11 is 10.0. The largest absolute Gasteiger partial charge is 0.398 e. The minimum atomic E-state index is -0.659. The zero-order valence-electron chi connectivity index (χ0n) is 2.45. The van der Waals surface area contributed by atoms with E-state index in [0.29, 0.717) is 0 Å². The number of hydrogen-bond acceptors (Lipinski definition) is 1. The molecule has 1 nitrogen and oxygen atoms in total. The molecule has 0 aliphatic rings. The van der Waals surface area contributed by atoms with Crippen LogP contribution in [0.1, 0.15) is 0 Å². The van der Waals surface area contributed by atoms with Crippen LogP contribution >= 0.6 is 23.2 Å². The molecule has 0 aromatic carbocycles. The van der Waals surface area contributed by atoms with E-state index in [1.165, 1.54) is 10.5 Å². The van der Waals surface area contributed by atoms with Crippen molar-refractivity contribution in [2.75, 3.05) is 0 Å². The summed E-state index contributed by atoms with van der Waals surface area (Å²) in [6.07, 6.45) is 0. The molecule has 5 heavy (non-hydrogen) atoms. The van der Waals surface area contributed by atoms with Gasteiger partial charge in [-0.2, -0.15) is 0 Å². The van der Waals surface area contributed by atoms with Crippen molar-refractivity contribution in [2.24, 2.45) is 0 Å². The second kappa shape index (κ2) is 2.97. The van der Waals surface area contributed by atoms with Crippen molar-refractivity contribution in [1.82, 2.24) is 0 Å². The molecule has 0 fully saturated rings. The summed E-state index contributed by atoms with van der Waals surface area (Å²) in [6, 6.07) is 0. The van der Waals surface area contributed by atoms with Crippen LogP contribution in [0.15, 0.2) is 0 Å². The second-order valence-electron chi connectivity index (χ2n) is 0.427. The fourth-order valence-corrected chi connectivity index (χ4v) is 0. The van der Waals surface area contributed by atoms with Gasteiger partial charge in [-0.05, 0) is 0 Å². The van der Waals surface area contributed by atoms with Gasteiger partial charge in [-0.3, -0.25) is 0 Å².